The van der Waals surface area contributed by atoms with Crippen molar-refractivity contribution >= 4 is 15.7 Å². The number of sulfone groups is 1. The summed E-state index contributed by atoms with van der Waals surface area (Å²) in [5.41, 5.74) is 1.13. The van der Waals surface area contributed by atoms with Gasteiger partial charge in [0.15, 0.2) is 9.84 Å². The van der Waals surface area contributed by atoms with E-state index in [1.54, 1.807) is 0 Å². The smallest absolute Gasteiger partial charge is 0.224 e. The fraction of sp³-hybridized carbons (Fsp3) is 0.562. The predicted molar refractivity (Wildman–Crippen MR) is 85.2 cm³/mol. The second-order valence-corrected chi connectivity index (χ2v) is 7.90. The highest BCUT2D eigenvalue weighted by atomic mass is 32.2. The molecule has 2 atom stereocenters. The van der Waals surface area contributed by atoms with Crippen LogP contribution in [0.1, 0.15) is 31.4 Å². The first kappa shape index (κ1) is 17.0. The van der Waals surface area contributed by atoms with Crippen molar-refractivity contribution in [3.63, 3.8) is 0 Å². The Labute approximate surface area is 132 Å². The third-order valence-corrected chi connectivity index (χ3v) is 5.63. The molecule has 0 aromatic heterocycles. The predicted octanol–water partition coefficient (Wildman–Crippen LogP) is 1.71. The van der Waals surface area contributed by atoms with E-state index < -0.39 is 9.84 Å². The number of nitrogens with one attached hydrogen (secondary N) is 1. The first-order valence-electron chi connectivity index (χ1n) is 7.62. The maximum absolute atomic E-state index is 11.8. The Morgan fingerprint density at radius 1 is 1.36 bits per heavy atom. The van der Waals surface area contributed by atoms with Crippen molar-refractivity contribution in [3.8, 4) is 0 Å². The largest absolute Gasteiger partial charge is 0.374 e. The molecule has 1 amide bonds. The van der Waals surface area contributed by atoms with E-state index in [-0.39, 0.29) is 29.4 Å². The van der Waals surface area contributed by atoms with Crippen molar-refractivity contribution in [1.82, 2.24) is 5.32 Å². The molecule has 1 aliphatic heterocycles. The average Bonchev–Trinajstić information content (AvgIpc) is 2.87. The summed E-state index contributed by atoms with van der Waals surface area (Å²) in [6.07, 6.45) is 1.18. The highest BCUT2D eigenvalue weighted by molar-refractivity contribution is 7.91. The lowest BCUT2D eigenvalue weighted by atomic mass is 10.1. The topological polar surface area (TPSA) is 72.5 Å². The highest BCUT2D eigenvalue weighted by Gasteiger charge is 2.32. The molecule has 0 spiro atoms. The van der Waals surface area contributed by atoms with Gasteiger partial charge in [-0.05, 0) is 25.3 Å². The summed E-state index contributed by atoms with van der Waals surface area (Å²) < 4.78 is 28.4. The molecule has 6 heteroatoms. The Morgan fingerprint density at radius 2 is 2.09 bits per heavy atom. The Hall–Kier alpha value is -1.40. The molecule has 2 unspecified atom stereocenters. The van der Waals surface area contributed by atoms with Crippen molar-refractivity contribution in [1.29, 1.82) is 0 Å². The van der Waals surface area contributed by atoms with E-state index in [1.165, 1.54) is 0 Å². The van der Waals surface area contributed by atoms with E-state index in [4.69, 9.17) is 4.74 Å². The molecule has 1 N–H and O–H groups in total. The Bertz CT molecular complexity index is 585. The molecule has 22 heavy (non-hydrogen) atoms. The number of rotatable bonds is 7. The minimum atomic E-state index is -3.00. The Morgan fingerprint density at radius 3 is 2.73 bits per heavy atom. The third-order valence-electron chi connectivity index (χ3n) is 3.86. The lowest BCUT2D eigenvalue weighted by Crippen LogP contribution is -2.32. The van der Waals surface area contributed by atoms with Crippen LogP contribution in [-0.2, 0) is 19.4 Å². The van der Waals surface area contributed by atoms with E-state index in [9.17, 15) is 13.2 Å². The molecule has 1 saturated heterocycles. The molecule has 1 aromatic carbocycles. The molecule has 2 rings (SSSR count). The molecule has 0 saturated carbocycles. The van der Waals surface area contributed by atoms with Gasteiger partial charge in [0.2, 0.25) is 5.91 Å². The number of ether oxygens (including phenoxy) is 1. The number of benzene rings is 1. The van der Waals surface area contributed by atoms with Crippen molar-refractivity contribution in [3.05, 3.63) is 35.9 Å². The van der Waals surface area contributed by atoms with Crippen LogP contribution in [0.4, 0.5) is 0 Å². The Kier molecular flexibility index (Phi) is 5.97. The van der Waals surface area contributed by atoms with Gasteiger partial charge in [-0.15, -0.1) is 0 Å². The lowest BCUT2D eigenvalue weighted by Gasteiger charge is -2.14. The van der Waals surface area contributed by atoms with E-state index in [2.05, 4.69) is 5.32 Å². The van der Waals surface area contributed by atoms with Crippen LogP contribution in [0.25, 0.3) is 0 Å². The van der Waals surface area contributed by atoms with E-state index in [0.717, 1.165) is 5.56 Å². The lowest BCUT2D eigenvalue weighted by molar-refractivity contribution is -0.124. The summed E-state index contributed by atoms with van der Waals surface area (Å²) >= 11 is 0. The number of carbonyl (C=O) groups is 1. The summed E-state index contributed by atoms with van der Waals surface area (Å²) in [7, 11) is -3.00. The fourth-order valence-electron chi connectivity index (χ4n) is 2.51. The molecular formula is C16H23NO4S. The minimum Gasteiger partial charge on any atom is -0.374 e. The maximum Gasteiger partial charge on any atom is 0.224 e. The number of amides is 1. The molecule has 1 fully saturated rings. The summed E-state index contributed by atoms with van der Waals surface area (Å²) in [6.45, 7) is 3.06. The van der Waals surface area contributed by atoms with Crippen molar-refractivity contribution in [2.45, 2.75) is 25.9 Å². The van der Waals surface area contributed by atoms with Gasteiger partial charge in [0.25, 0.3) is 0 Å². The average molecular weight is 325 g/mol. The first-order valence-corrected chi connectivity index (χ1v) is 9.45. The number of hydrogen-bond acceptors (Lipinski definition) is 4. The Balaban J connectivity index is 1.60. The SMILES string of the molecule is CC(OCCCNC(=O)C1CCS(=O)(=O)C1)c1ccccc1. The fourth-order valence-corrected chi connectivity index (χ4v) is 4.25. The zero-order chi connectivity index (χ0) is 16.0. The second-order valence-electron chi connectivity index (χ2n) is 5.67. The van der Waals surface area contributed by atoms with Crippen LogP contribution in [0.5, 0.6) is 0 Å². The van der Waals surface area contributed by atoms with Crippen LogP contribution >= 0.6 is 0 Å². The molecule has 122 valence electrons. The van der Waals surface area contributed by atoms with Crippen LogP contribution in [-0.4, -0.2) is 39.0 Å². The maximum atomic E-state index is 11.8. The molecule has 0 bridgehead atoms. The summed E-state index contributed by atoms with van der Waals surface area (Å²) in [4.78, 5) is 11.8. The van der Waals surface area contributed by atoms with E-state index >= 15 is 0 Å². The van der Waals surface area contributed by atoms with Gasteiger partial charge in [-0.3, -0.25) is 4.79 Å². The first-order chi connectivity index (χ1) is 10.5. The molecule has 0 aliphatic carbocycles. The van der Waals surface area contributed by atoms with Crippen molar-refractivity contribution < 1.29 is 17.9 Å². The van der Waals surface area contributed by atoms with Gasteiger partial charge < -0.3 is 10.1 Å². The van der Waals surface area contributed by atoms with Crippen LogP contribution < -0.4 is 5.32 Å². The quantitative estimate of drug-likeness (QED) is 0.775. The van der Waals surface area contributed by atoms with Gasteiger partial charge >= 0.3 is 0 Å². The summed E-state index contributed by atoms with van der Waals surface area (Å²) in [5.74, 6) is -0.422. The molecule has 5 nitrogen and oxygen atoms in total. The molecule has 1 aromatic rings. The summed E-state index contributed by atoms with van der Waals surface area (Å²) in [5, 5.41) is 2.79. The van der Waals surface area contributed by atoms with Crippen LogP contribution in [0.15, 0.2) is 30.3 Å². The monoisotopic (exact) mass is 325 g/mol. The van der Waals surface area contributed by atoms with E-state index in [0.29, 0.717) is 26.0 Å². The zero-order valence-electron chi connectivity index (χ0n) is 12.8. The second kappa shape index (κ2) is 7.74. The highest BCUT2D eigenvalue weighted by Crippen LogP contribution is 2.18. The minimum absolute atomic E-state index is 0.0135. The number of hydrogen-bond donors (Lipinski definition) is 1. The van der Waals surface area contributed by atoms with Gasteiger partial charge in [-0.25, -0.2) is 8.42 Å². The zero-order valence-corrected chi connectivity index (χ0v) is 13.6. The van der Waals surface area contributed by atoms with Crippen LogP contribution in [0.3, 0.4) is 0 Å². The van der Waals surface area contributed by atoms with Crippen LogP contribution in [0, 0.1) is 5.92 Å². The van der Waals surface area contributed by atoms with Crippen LogP contribution in [0.2, 0.25) is 0 Å². The number of carbonyl (C=O) groups excluding carboxylic acids is 1. The van der Waals surface area contributed by atoms with Gasteiger partial charge in [-0.2, -0.15) is 0 Å². The van der Waals surface area contributed by atoms with Gasteiger partial charge in [0, 0.05) is 13.2 Å². The van der Waals surface area contributed by atoms with E-state index in [1.807, 2.05) is 37.3 Å². The van der Waals surface area contributed by atoms with Gasteiger partial charge in [0.1, 0.15) is 0 Å². The molecule has 1 aliphatic rings. The summed E-state index contributed by atoms with van der Waals surface area (Å²) in [6, 6.07) is 9.96. The van der Waals surface area contributed by atoms with Gasteiger partial charge in [0.05, 0.1) is 23.5 Å². The molecular weight excluding hydrogens is 302 g/mol. The normalized spacial score (nSPS) is 21.4. The van der Waals surface area contributed by atoms with Gasteiger partial charge in [-0.1, -0.05) is 30.3 Å². The third kappa shape index (κ3) is 5.10. The van der Waals surface area contributed by atoms with Crippen molar-refractivity contribution in [2.24, 2.45) is 5.92 Å². The van der Waals surface area contributed by atoms with Crippen molar-refractivity contribution in [2.75, 3.05) is 24.7 Å². The molecule has 0 radical (unpaired) electrons. The molecule has 1 heterocycles. The standard InChI is InChI=1S/C16H23NO4S/c1-13(14-6-3-2-4-7-14)21-10-5-9-17-16(18)15-8-11-22(19,20)12-15/h2-4,6-7,13,15H,5,8-12H2,1H3,(H,17,18).